The van der Waals surface area contributed by atoms with Gasteiger partial charge in [0.2, 0.25) is 5.91 Å². The van der Waals surface area contributed by atoms with Crippen molar-refractivity contribution in [2.45, 2.75) is 37.8 Å². The molecule has 1 aromatic carbocycles. The molecule has 0 unspecified atom stereocenters. The van der Waals surface area contributed by atoms with Crippen LogP contribution in [-0.2, 0) is 14.3 Å². The molecule has 2 saturated heterocycles. The lowest BCUT2D eigenvalue weighted by Gasteiger charge is -2.41. The van der Waals surface area contributed by atoms with E-state index < -0.39 is 11.0 Å². The van der Waals surface area contributed by atoms with E-state index in [9.17, 15) is 19.7 Å². The lowest BCUT2D eigenvalue weighted by molar-refractivity contribution is -0.384. The summed E-state index contributed by atoms with van der Waals surface area (Å²) in [5.41, 5.74) is 0.402. The number of nitrogens with zero attached hydrogens (tertiary/aromatic N) is 2. The van der Waals surface area contributed by atoms with Crippen LogP contribution in [-0.4, -0.2) is 46.9 Å². The zero-order valence-corrected chi connectivity index (χ0v) is 13.1. The minimum absolute atomic E-state index is 0.0464. The molecule has 8 heteroatoms. The normalized spacial score (nSPS) is 23.5. The zero-order valence-electron chi connectivity index (χ0n) is 13.1. The third-order valence-corrected chi connectivity index (χ3v) is 4.41. The van der Waals surface area contributed by atoms with Gasteiger partial charge in [-0.05, 0) is 31.4 Å². The highest BCUT2D eigenvalue weighted by molar-refractivity contribution is 5.95. The number of ether oxygens (including phenoxy) is 1. The van der Waals surface area contributed by atoms with Gasteiger partial charge in [-0.3, -0.25) is 19.7 Å². The van der Waals surface area contributed by atoms with Gasteiger partial charge in [0.1, 0.15) is 6.10 Å². The Morgan fingerprint density at radius 3 is 2.79 bits per heavy atom. The van der Waals surface area contributed by atoms with Gasteiger partial charge in [0.05, 0.1) is 24.0 Å². The number of anilines is 1. The summed E-state index contributed by atoms with van der Waals surface area (Å²) >= 11 is 0. The summed E-state index contributed by atoms with van der Waals surface area (Å²) in [6, 6.07) is 5.69. The van der Waals surface area contributed by atoms with Crippen molar-refractivity contribution in [3.05, 3.63) is 34.4 Å². The van der Waals surface area contributed by atoms with Gasteiger partial charge in [0.15, 0.2) is 0 Å². The molecule has 0 aliphatic carbocycles. The lowest BCUT2D eigenvalue weighted by Crippen LogP contribution is -2.56. The smallest absolute Gasteiger partial charge is 0.269 e. The molecule has 0 radical (unpaired) electrons. The van der Waals surface area contributed by atoms with Crippen LogP contribution in [0.1, 0.15) is 25.7 Å². The number of nitro groups is 1. The van der Waals surface area contributed by atoms with E-state index in [2.05, 4.69) is 5.32 Å². The molecule has 2 aliphatic rings. The number of hydrogen-bond donors (Lipinski definition) is 1. The Kier molecular flexibility index (Phi) is 4.75. The number of benzene rings is 1. The largest absolute Gasteiger partial charge is 0.366 e. The molecule has 2 amide bonds. The molecule has 2 aliphatic heterocycles. The number of rotatable bonds is 4. The third kappa shape index (κ3) is 3.53. The number of nitro benzene ring substituents is 1. The molecule has 0 saturated carbocycles. The van der Waals surface area contributed by atoms with Gasteiger partial charge in [-0.15, -0.1) is 0 Å². The maximum Gasteiger partial charge on any atom is 0.269 e. The second-order valence-electron chi connectivity index (χ2n) is 6.06. The molecule has 0 bridgehead atoms. The second-order valence-corrected chi connectivity index (χ2v) is 6.06. The van der Waals surface area contributed by atoms with E-state index in [1.54, 1.807) is 0 Å². The Balaban J connectivity index is 1.56. The summed E-state index contributed by atoms with van der Waals surface area (Å²) in [6.07, 6.45) is 2.23. The van der Waals surface area contributed by atoms with Gasteiger partial charge in [-0.1, -0.05) is 0 Å². The van der Waals surface area contributed by atoms with Gasteiger partial charge in [-0.2, -0.15) is 0 Å². The number of hydrogen-bond acceptors (Lipinski definition) is 5. The first-order valence-corrected chi connectivity index (χ1v) is 8.01. The Bertz CT molecular complexity index is 646. The van der Waals surface area contributed by atoms with Crippen LogP contribution in [0, 0.1) is 10.1 Å². The molecule has 3 rings (SSSR count). The lowest BCUT2D eigenvalue weighted by atomic mass is 9.99. The van der Waals surface area contributed by atoms with Gasteiger partial charge in [0, 0.05) is 24.4 Å². The van der Waals surface area contributed by atoms with E-state index >= 15 is 0 Å². The topological polar surface area (TPSA) is 102 Å². The van der Waals surface area contributed by atoms with Crippen molar-refractivity contribution >= 4 is 23.2 Å². The molecule has 2 fully saturated rings. The standard InChI is InChI=1S/C16H19N3O5/c20-15(17-11-4-6-12(7-5-11)19(22)23)9-14-16(21)18-8-2-1-3-13(18)10-24-14/h4-7,13-14H,1-3,8-10H2,(H,17,20)/t13-,14-/m0/s1. The van der Waals surface area contributed by atoms with Crippen molar-refractivity contribution in [2.24, 2.45) is 0 Å². The maximum absolute atomic E-state index is 12.4. The predicted octanol–water partition coefficient (Wildman–Crippen LogP) is 1.70. The number of carbonyl (C=O) groups is 2. The molecular weight excluding hydrogens is 314 g/mol. The van der Waals surface area contributed by atoms with E-state index in [0.717, 1.165) is 25.8 Å². The van der Waals surface area contributed by atoms with Crippen LogP contribution < -0.4 is 5.32 Å². The van der Waals surface area contributed by atoms with Crippen molar-refractivity contribution in [3.63, 3.8) is 0 Å². The number of nitrogens with one attached hydrogen (secondary N) is 1. The molecule has 2 heterocycles. The number of piperidine rings is 1. The van der Waals surface area contributed by atoms with E-state index in [0.29, 0.717) is 12.3 Å². The minimum atomic E-state index is -0.752. The number of fused-ring (bicyclic) bond motifs is 1. The van der Waals surface area contributed by atoms with Crippen molar-refractivity contribution in [1.29, 1.82) is 0 Å². The molecule has 8 nitrogen and oxygen atoms in total. The highest BCUT2D eigenvalue weighted by Crippen LogP contribution is 2.24. The summed E-state index contributed by atoms with van der Waals surface area (Å²) in [4.78, 5) is 36.5. The first kappa shape index (κ1) is 16.4. The van der Waals surface area contributed by atoms with Gasteiger partial charge in [0.25, 0.3) is 11.6 Å². The summed E-state index contributed by atoms with van der Waals surface area (Å²) in [5.74, 6) is -0.470. The van der Waals surface area contributed by atoms with E-state index in [4.69, 9.17) is 4.74 Å². The average molecular weight is 333 g/mol. The van der Waals surface area contributed by atoms with Crippen molar-refractivity contribution in [3.8, 4) is 0 Å². The predicted molar refractivity (Wildman–Crippen MR) is 85.4 cm³/mol. The quantitative estimate of drug-likeness (QED) is 0.667. The zero-order chi connectivity index (χ0) is 17.1. The SMILES string of the molecule is O=C(C[C@@H]1OC[C@@H]2CCCCN2C1=O)Nc1ccc([N+](=O)[O-])cc1. The highest BCUT2D eigenvalue weighted by atomic mass is 16.6. The number of carbonyl (C=O) groups excluding carboxylic acids is 2. The maximum atomic E-state index is 12.4. The Morgan fingerprint density at radius 2 is 2.08 bits per heavy atom. The first-order chi connectivity index (χ1) is 11.5. The van der Waals surface area contributed by atoms with Crippen LogP contribution in [0.4, 0.5) is 11.4 Å². The molecule has 2 atom stereocenters. The number of amides is 2. The fourth-order valence-corrected chi connectivity index (χ4v) is 3.14. The van der Waals surface area contributed by atoms with Crippen molar-refractivity contribution in [2.75, 3.05) is 18.5 Å². The van der Waals surface area contributed by atoms with E-state index in [1.807, 2.05) is 4.90 Å². The molecule has 0 spiro atoms. The van der Waals surface area contributed by atoms with Crippen LogP contribution in [0.15, 0.2) is 24.3 Å². The Labute approximate surface area is 138 Å². The monoisotopic (exact) mass is 333 g/mol. The highest BCUT2D eigenvalue weighted by Gasteiger charge is 2.38. The number of non-ortho nitro benzene ring substituents is 1. The third-order valence-electron chi connectivity index (χ3n) is 4.41. The molecule has 1 aromatic rings. The molecule has 0 aromatic heterocycles. The van der Waals surface area contributed by atoms with Crippen LogP contribution >= 0.6 is 0 Å². The minimum Gasteiger partial charge on any atom is -0.366 e. The average Bonchev–Trinajstić information content (AvgIpc) is 2.58. The fraction of sp³-hybridized carbons (Fsp3) is 0.500. The molecular formula is C16H19N3O5. The fourth-order valence-electron chi connectivity index (χ4n) is 3.14. The van der Waals surface area contributed by atoms with Crippen molar-refractivity contribution in [1.82, 2.24) is 4.90 Å². The number of morpholine rings is 1. The summed E-state index contributed by atoms with van der Waals surface area (Å²) in [7, 11) is 0. The summed E-state index contributed by atoms with van der Waals surface area (Å²) < 4.78 is 5.58. The van der Waals surface area contributed by atoms with Crippen LogP contribution in [0.3, 0.4) is 0 Å². The van der Waals surface area contributed by atoms with E-state index in [-0.39, 0.29) is 30.0 Å². The van der Waals surface area contributed by atoms with E-state index in [1.165, 1.54) is 24.3 Å². The van der Waals surface area contributed by atoms with Gasteiger partial charge >= 0.3 is 0 Å². The van der Waals surface area contributed by atoms with Crippen molar-refractivity contribution < 1.29 is 19.2 Å². The molecule has 24 heavy (non-hydrogen) atoms. The molecule has 128 valence electrons. The van der Waals surface area contributed by atoms with Crippen LogP contribution in [0.25, 0.3) is 0 Å². The van der Waals surface area contributed by atoms with Crippen LogP contribution in [0.5, 0.6) is 0 Å². The van der Waals surface area contributed by atoms with Gasteiger partial charge in [-0.25, -0.2) is 0 Å². The summed E-state index contributed by atoms with van der Waals surface area (Å²) in [6.45, 7) is 1.20. The Hall–Kier alpha value is -2.48. The van der Waals surface area contributed by atoms with Gasteiger partial charge < -0.3 is 15.0 Å². The first-order valence-electron chi connectivity index (χ1n) is 8.01. The molecule has 1 N–H and O–H groups in total. The van der Waals surface area contributed by atoms with Crippen LogP contribution in [0.2, 0.25) is 0 Å². The second kappa shape index (κ2) is 6.96. The summed E-state index contributed by atoms with van der Waals surface area (Å²) in [5, 5.41) is 13.2. The Morgan fingerprint density at radius 1 is 1.33 bits per heavy atom.